The molecular weight excluding hydrogens is 294 g/mol. The Morgan fingerprint density at radius 2 is 1.78 bits per heavy atom. The molecule has 6 heteroatoms. The molecule has 0 atom stereocenters. The average molecular weight is 317 g/mol. The maximum atomic E-state index is 11.9. The van der Waals surface area contributed by atoms with Gasteiger partial charge in [-0.1, -0.05) is 18.2 Å². The van der Waals surface area contributed by atoms with Gasteiger partial charge in [0.05, 0.1) is 0 Å². The molecule has 1 heterocycles. The number of ether oxygens (including phenoxy) is 1. The van der Waals surface area contributed by atoms with E-state index in [0.29, 0.717) is 18.2 Å². The van der Waals surface area contributed by atoms with Gasteiger partial charge in [0.25, 0.3) is 0 Å². The zero-order valence-corrected chi connectivity index (χ0v) is 14.2. The largest absolute Gasteiger partial charge is 0.444 e. The highest BCUT2D eigenvalue weighted by Gasteiger charge is 2.27. The second kappa shape index (κ2) is 6.40. The number of carbonyl (C=O) groups is 1. The highest BCUT2D eigenvalue weighted by molar-refractivity contribution is 5.68. The second-order valence-electron chi connectivity index (χ2n) is 7.05. The highest BCUT2D eigenvalue weighted by Crippen LogP contribution is 2.20. The van der Waals surface area contributed by atoms with Crippen molar-refractivity contribution in [2.75, 3.05) is 0 Å². The van der Waals surface area contributed by atoms with Crippen molar-refractivity contribution >= 4 is 6.09 Å². The van der Waals surface area contributed by atoms with Gasteiger partial charge < -0.3 is 14.5 Å². The van der Waals surface area contributed by atoms with Crippen LogP contribution in [-0.4, -0.2) is 27.4 Å². The maximum Gasteiger partial charge on any atom is 0.408 e. The molecule has 0 aliphatic rings. The van der Waals surface area contributed by atoms with Crippen LogP contribution in [0.2, 0.25) is 0 Å². The SMILES string of the molecule is CC(C)(Cc1nnc(-c2ccccc2)o1)NC(=O)OC(C)(C)C. The number of hydrogen-bond donors (Lipinski definition) is 1. The summed E-state index contributed by atoms with van der Waals surface area (Å²) in [5.41, 5.74) is -0.238. The number of amides is 1. The summed E-state index contributed by atoms with van der Waals surface area (Å²) in [4.78, 5) is 11.9. The number of carbonyl (C=O) groups excluding carboxylic acids is 1. The van der Waals surface area contributed by atoms with E-state index in [0.717, 1.165) is 5.56 Å². The van der Waals surface area contributed by atoms with Gasteiger partial charge in [-0.25, -0.2) is 4.79 Å². The Morgan fingerprint density at radius 3 is 2.39 bits per heavy atom. The minimum absolute atomic E-state index is 0.409. The Hall–Kier alpha value is -2.37. The molecule has 6 nitrogen and oxygen atoms in total. The van der Waals surface area contributed by atoms with Gasteiger partial charge in [0.1, 0.15) is 5.60 Å². The zero-order valence-electron chi connectivity index (χ0n) is 14.2. The second-order valence-corrected chi connectivity index (χ2v) is 7.05. The molecule has 2 rings (SSSR count). The van der Waals surface area contributed by atoms with Gasteiger partial charge in [0, 0.05) is 17.5 Å². The van der Waals surface area contributed by atoms with Crippen molar-refractivity contribution in [3.63, 3.8) is 0 Å². The van der Waals surface area contributed by atoms with Crippen LogP contribution in [0.4, 0.5) is 4.79 Å². The first-order valence-corrected chi connectivity index (χ1v) is 7.54. The molecule has 0 spiro atoms. The summed E-state index contributed by atoms with van der Waals surface area (Å²) >= 11 is 0. The first-order chi connectivity index (χ1) is 10.6. The molecule has 1 N–H and O–H groups in total. The van der Waals surface area contributed by atoms with Gasteiger partial charge in [-0.15, -0.1) is 10.2 Å². The molecule has 0 saturated heterocycles. The number of aromatic nitrogens is 2. The summed E-state index contributed by atoms with van der Waals surface area (Å²) in [6.07, 6.45) is -0.0585. The van der Waals surface area contributed by atoms with Crippen molar-refractivity contribution in [2.24, 2.45) is 0 Å². The van der Waals surface area contributed by atoms with Gasteiger partial charge >= 0.3 is 6.09 Å². The Morgan fingerprint density at radius 1 is 1.13 bits per heavy atom. The van der Waals surface area contributed by atoms with E-state index >= 15 is 0 Å². The zero-order chi connectivity index (χ0) is 17.1. The lowest BCUT2D eigenvalue weighted by Crippen LogP contribution is -2.47. The average Bonchev–Trinajstić information content (AvgIpc) is 2.84. The van der Waals surface area contributed by atoms with Crippen LogP contribution in [0.5, 0.6) is 0 Å². The third-order valence-corrected chi connectivity index (χ3v) is 2.92. The standard InChI is InChI=1S/C17H23N3O3/c1-16(2,3)23-15(21)18-17(4,5)11-13-19-20-14(22-13)12-9-7-6-8-10-12/h6-10H,11H2,1-5H3,(H,18,21). The van der Waals surface area contributed by atoms with Crippen molar-refractivity contribution in [3.05, 3.63) is 36.2 Å². The predicted molar refractivity (Wildman–Crippen MR) is 86.9 cm³/mol. The molecule has 0 aliphatic carbocycles. The fourth-order valence-corrected chi connectivity index (χ4v) is 2.02. The van der Waals surface area contributed by atoms with Crippen LogP contribution in [0.3, 0.4) is 0 Å². The van der Waals surface area contributed by atoms with Crippen LogP contribution in [0.15, 0.2) is 34.7 Å². The monoisotopic (exact) mass is 317 g/mol. The molecule has 0 radical (unpaired) electrons. The van der Waals surface area contributed by atoms with E-state index in [9.17, 15) is 4.79 Å². The lowest BCUT2D eigenvalue weighted by molar-refractivity contribution is 0.0470. The van der Waals surface area contributed by atoms with Gasteiger partial charge in [0.15, 0.2) is 0 Å². The van der Waals surface area contributed by atoms with Gasteiger partial charge in [0.2, 0.25) is 11.8 Å². The summed E-state index contributed by atoms with van der Waals surface area (Å²) in [5, 5.41) is 10.9. The molecule has 0 bridgehead atoms. The molecule has 1 amide bonds. The number of benzene rings is 1. The first-order valence-electron chi connectivity index (χ1n) is 7.54. The summed E-state index contributed by atoms with van der Waals surface area (Å²) in [6.45, 7) is 9.23. The molecule has 1 aromatic carbocycles. The van der Waals surface area contributed by atoms with Crippen LogP contribution in [-0.2, 0) is 11.2 Å². The molecule has 2 aromatic rings. The quantitative estimate of drug-likeness (QED) is 0.932. The van der Waals surface area contributed by atoms with E-state index < -0.39 is 17.2 Å². The lowest BCUT2D eigenvalue weighted by atomic mass is 10.0. The fourth-order valence-electron chi connectivity index (χ4n) is 2.02. The molecule has 0 aliphatic heterocycles. The number of hydrogen-bond acceptors (Lipinski definition) is 5. The number of nitrogens with zero attached hydrogens (tertiary/aromatic N) is 2. The molecular formula is C17H23N3O3. The predicted octanol–water partition coefficient (Wildman–Crippen LogP) is 3.58. The molecule has 1 aromatic heterocycles. The summed E-state index contributed by atoms with van der Waals surface area (Å²) in [5.74, 6) is 0.929. The molecule has 23 heavy (non-hydrogen) atoms. The Bertz CT molecular complexity index is 657. The molecule has 0 saturated carbocycles. The Kier molecular flexibility index (Phi) is 4.73. The third kappa shape index (κ3) is 5.39. The minimum atomic E-state index is -0.567. The van der Waals surface area contributed by atoms with E-state index in [4.69, 9.17) is 9.15 Å². The molecule has 0 fully saturated rings. The van der Waals surface area contributed by atoms with Gasteiger partial charge in [-0.05, 0) is 46.8 Å². The Labute approximate surface area is 136 Å². The summed E-state index contributed by atoms with van der Waals surface area (Å²) in [6, 6.07) is 9.55. The van der Waals surface area contributed by atoms with Crippen LogP contribution in [0, 0.1) is 0 Å². The van der Waals surface area contributed by atoms with Crippen molar-refractivity contribution in [3.8, 4) is 11.5 Å². The first kappa shape index (κ1) is 17.0. The Balaban J connectivity index is 2.01. The van der Waals surface area contributed by atoms with E-state index in [1.165, 1.54) is 0 Å². The number of alkyl carbamates (subject to hydrolysis) is 1. The fraction of sp³-hybridized carbons (Fsp3) is 0.471. The van der Waals surface area contributed by atoms with Crippen LogP contribution >= 0.6 is 0 Å². The van der Waals surface area contributed by atoms with Crippen LogP contribution in [0.1, 0.15) is 40.5 Å². The van der Waals surface area contributed by atoms with E-state index in [1.54, 1.807) is 0 Å². The van der Waals surface area contributed by atoms with Gasteiger partial charge in [-0.3, -0.25) is 0 Å². The highest BCUT2D eigenvalue weighted by atomic mass is 16.6. The van der Waals surface area contributed by atoms with Crippen molar-refractivity contribution in [2.45, 2.75) is 52.2 Å². The maximum absolute atomic E-state index is 11.9. The lowest BCUT2D eigenvalue weighted by Gasteiger charge is -2.27. The normalized spacial score (nSPS) is 12.0. The van der Waals surface area contributed by atoms with E-state index in [2.05, 4.69) is 15.5 Å². The number of nitrogens with one attached hydrogen (secondary N) is 1. The molecule has 124 valence electrons. The summed E-state index contributed by atoms with van der Waals surface area (Å²) in [7, 11) is 0. The van der Waals surface area contributed by atoms with Crippen molar-refractivity contribution in [1.29, 1.82) is 0 Å². The summed E-state index contributed by atoms with van der Waals surface area (Å²) < 4.78 is 10.9. The van der Waals surface area contributed by atoms with E-state index in [1.807, 2.05) is 65.0 Å². The molecule has 0 unspecified atom stereocenters. The smallest absolute Gasteiger partial charge is 0.408 e. The van der Waals surface area contributed by atoms with E-state index in [-0.39, 0.29) is 0 Å². The van der Waals surface area contributed by atoms with Crippen molar-refractivity contribution < 1.29 is 13.9 Å². The minimum Gasteiger partial charge on any atom is -0.444 e. The number of rotatable bonds is 4. The topological polar surface area (TPSA) is 77.3 Å². The van der Waals surface area contributed by atoms with Crippen LogP contribution in [0.25, 0.3) is 11.5 Å². The third-order valence-electron chi connectivity index (χ3n) is 2.92. The van der Waals surface area contributed by atoms with Gasteiger partial charge in [-0.2, -0.15) is 0 Å². The van der Waals surface area contributed by atoms with Crippen LogP contribution < -0.4 is 5.32 Å². The van der Waals surface area contributed by atoms with Crippen molar-refractivity contribution in [1.82, 2.24) is 15.5 Å².